The molecule has 0 spiro atoms. The van der Waals surface area contributed by atoms with Crippen LogP contribution in [-0.2, 0) is 36.2 Å². The van der Waals surface area contributed by atoms with Crippen molar-refractivity contribution in [3.63, 3.8) is 0 Å². The van der Waals surface area contributed by atoms with Crippen LogP contribution in [0.15, 0.2) is 130 Å². The molecule has 2 heterocycles. The Balaban J connectivity index is 0.000000220. The second-order valence-electron chi connectivity index (χ2n) is 14.6. The smallest absolute Gasteiger partial charge is 0.147 e. The second kappa shape index (κ2) is 20.7. The van der Waals surface area contributed by atoms with Gasteiger partial charge >= 0.3 is 41.9 Å². The summed E-state index contributed by atoms with van der Waals surface area (Å²) >= 11 is 1.74. The largest absolute Gasteiger partial charge is 0.147 e. The molecule has 0 radical (unpaired) electrons. The first-order chi connectivity index (χ1) is 26.1. The van der Waals surface area contributed by atoms with Gasteiger partial charge in [0.15, 0.2) is 0 Å². The van der Waals surface area contributed by atoms with Crippen molar-refractivity contribution >= 4 is 51.8 Å². The number of hydrogen-bond donors (Lipinski definition) is 0. The third-order valence-corrected chi connectivity index (χ3v) is 9.86. The van der Waals surface area contributed by atoms with E-state index in [0.717, 1.165) is 59.9 Å². The van der Waals surface area contributed by atoms with Crippen LogP contribution in [0.25, 0.3) is 66.4 Å². The first kappa shape index (κ1) is 45.0. The number of rotatable bonds is 8. The topological polar surface area (TPSA) is 26.3 Å². The Bertz CT molecular complexity index is 2330. The molecule has 2 aromatic heterocycles. The van der Waals surface area contributed by atoms with Gasteiger partial charge in [-0.25, -0.2) is 0 Å². The van der Waals surface area contributed by atoms with Gasteiger partial charge in [0.25, 0.3) is 0 Å². The summed E-state index contributed by atoms with van der Waals surface area (Å²) in [4.78, 5) is 0. The molecule has 0 aliphatic heterocycles. The van der Waals surface area contributed by atoms with Gasteiger partial charge in [0.1, 0.15) is 0 Å². The van der Waals surface area contributed by atoms with Crippen molar-refractivity contribution in [3.8, 4) is 44.9 Å². The molecule has 2 nitrogen and oxygen atoms in total. The van der Waals surface area contributed by atoms with Gasteiger partial charge in [-0.2, -0.15) is 0 Å². The molecule has 0 N–H and O–H groups in total. The fraction of sp³-hybridized carbons (Fsp3) is 0.240. The second-order valence-corrected chi connectivity index (χ2v) is 24.0. The summed E-state index contributed by atoms with van der Waals surface area (Å²) in [6, 6.07) is 43.4. The van der Waals surface area contributed by atoms with Crippen LogP contribution >= 0.6 is 24.8 Å². The van der Waals surface area contributed by atoms with E-state index in [9.17, 15) is 0 Å². The Kier molecular flexibility index (Phi) is 16.6. The van der Waals surface area contributed by atoms with Gasteiger partial charge < -0.3 is 8.83 Å². The summed E-state index contributed by atoms with van der Waals surface area (Å²) in [5, 5.41) is 5.23. The molecule has 0 amide bonds. The number of hydrogen-bond acceptors (Lipinski definition) is 2. The zero-order valence-electron chi connectivity index (χ0n) is 34.0. The van der Waals surface area contributed by atoms with Gasteiger partial charge in [0.05, 0.1) is 23.0 Å². The summed E-state index contributed by atoms with van der Waals surface area (Å²) in [5.74, 6) is 3.79. The van der Waals surface area contributed by atoms with E-state index in [0.29, 0.717) is 0 Å². The van der Waals surface area contributed by atoms with Crippen molar-refractivity contribution in [2.75, 3.05) is 0 Å². The van der Waals surface area contributed by atoms with E-state index >= 15 is 0 Å². The van der Waals surface area contributed by atoms with Crippen LogP contribution < -0.4 is 0 Å². The Morgan fingerprint density at radius 3 is 1.20 bits per heavy atom. The third-order valence-electron chi connectivity index (χ3n) is 9.86. The summed E-state index contributed by atoms with van der Waals surface area (Å²) in [6.45, 7) is 17.6. The minimum absolute atomic E-state index is 0. The van der Waals surface area contributed by atoms with E-state index in [1.54, 1.807) is 23.3 Å². The maximum Gasteiger partial charge on any atom is -0.147 e. The summed E-state index contributed by atoms with van der Waals surface area (Å²) in [6.07, 6.45) is 4.51. The molecule has 0 fully saturated rings. The van der Waals surface area contributed by atoms with Gasteiger partial charge in [0.2, 0.25) is 0 Å². The molecule has 6 heteroatoms. The molecule has 0 saturated heterocycles. The number of fused-ring (bicyclic) bond motifs is 2. The number of furan rings is 2. The normalized spacial score (nSPS) is 10.6. The Labute approximate surface area is 361 Å². The van der Waals surface area contributed by atoms with Crippen LogP contribution in [0.1, 0.15) is 60.5 Å². The average molecular weight is 877 g/mol. The number of benzene rings is 4. The molecule has 56 heavy (non-hydrogen) atoms. The predicted octanol–water partition coefficient (Wildman–Crippen LogP) is 15.7. The van der Waals surface area contributed by atoms with Gasteiger partial charge in [-0.1, -0.05) is 121 Å². The van der Waals surface area contributed by atoms with Crippen molar-refractivity contribution < 1.29 is 32.2 Å². The molecule has 0 bridgehead atoms. The van der Waals surface area contributed by atoms with E-state index in [1.165, 1.54) is 66.1 Å². The van der Waals surface area contributed by atoms with Crippen molar-refractivity contribution in [1.82, 2.24) is 0 Å². The van der Waals surface area contributed by atoms with Crippen LogP contribution in [0.4, 0.5) is 0 Å². The minimum Gasteiger partial charge on any atom is -0.147 e. The van der Waals surface area contributed by atoms with Gasteiger partial charge in [0, 0.05) is 0 Å². The maximum absolute atomic E-state index is 5.85. The van der Waals surface area contributed by atoms with Crippen molar-refractivity contribution in [2.45, 2.75) is 80.3 Å². The molecule has 0 aliphatic rings. The average Bonchev–Trinajstić information content (AvgIpc) is 3.97. The maximum atomic E-state index is 5.85. The summed E-state index contributed by atoms with van der Waals surface area (Å²) in [7, 11) is 0. The SMILES string of the molecule is CCCc1c(C)cc2[cH-]c(-c3ccc(C)o3)cc2c1-c1ccccc1.CCCc1c(C)cc2[cH-]c(-c3ccc(C)o3)cc2c1-c1ccccc1.C[Si](C)=[Zr+2].Cl.Cl. The molecular weight excluding hydrogens is 823 g/mol. The van der Waals surface area contributed by atoms with Crippen LogP contribution in [0.3, 0.4) is 0 Å². The third kappa shape index (κ3) is 10.4. The van der Waals surface area contributed by atoms with Crippen LogP contribution in [0.2, 0.25) is 13.1 Å². The zero-order valence-corrected chi connectivity index (χ0v) is 39.1. The van der Waals surface area contributed by atoms with Crippen molar-refractivity contribution in [1.29, 1.82) is 0 Å². The minimum atomic E-state index is 0. The van der Waals surface area contributed by atoms with E-state index in [-0.39, 0.29) is 30.2 Å². The van der Waals surface area contributed by atoms with Crippen molar-refractivity contribution in [2.24, 2.45) is 0 Å². The quantitative estimate of drug-likeness (QED) is 0.112. The number of aryl methyl sites for hydroxylation is 4. The molecular formula is C50H54Cl2O2SiZr. The first-order valence-electron chi connectivity index (χ1n) is 19.3. The number of halogens is 2. The van der Waals surface area contributed by atoms with Crippen LogP contribution in [0.5, 0.6) is 0 Å². The fourth-order valence-electron chi connectivity index (χ4n) is 7.56. The zero-order chi connectivity index (χ0) is 38.4. The summed E-state index contributed by atoms with van der Waals surface area (Å²) < 4.78 is 11.7. The van der Waals surface area contributed by atoms with Crippen LogP contribution in [0, 0.1) is 27.7 Å². The Morgan fingerprint density at radius 2 is 0.893 bits per heavy atom. The molecule has 8 rings (SSSR count). The molecule has 6 aromatic carbocycles. The van der Waals surface area contributed by atoms with Gasteiger partial charge in [-0.05, 0) is 87.1 Å². The van der Waals surface area contributed by atoms with E-state index < -0.39 is 0 Å². The molecule has 0 atom stereocenters. The molecule has 0 unspecified atom stereocenters. The molecule has 8 aromatic rings. The monoisotopic (exact) mass is 874 g/mol. The first-order valence-corrected chi connectivity index (χ1v) is 25.5. The summed E-state index contributed by atoms with van der Waals surface area (Å²) in [5.41, 5.74) is 13.6. The van der Waals surface area contributed by atoms with E-state index in [1.807, 2.05) is 26.0 Å². The van der Waals surface area contributed by atoms with E-state index in [2.05, 4.69) is 150 Å². The predicted molar refractivity (Wildman–Crippen MR) is 244 cm³/mol. The van der Waals surface area contributed by atoms with Gasteiger partial charge in [-0.3, -0.25) is 0 Å². The fourth-order valence-corrected chi connectivity index (χ4v) is 7.56. The van der Waals surface area contributed by atoms with Gasteiger partial charge in [-0.15, -0.1) is 82.8 Å². The molecule has 288 valence electrons. The van der Waals surface area contributed by atoms with Crippen LogP contribution in [-0.4, -0.2) is 5.43 Å². The Morgan fingerprint density at radius 1 is 0.536 bits per heavy atom. The Hall–Kier alpha value is -3.66. The molecule has 0 aliphatic carbocycles. The van der Waals surface area contributed by atoms with E-state index in [4.69, 9.17) is 8.83 Å². The molecule has 0 saturated carbocycles. The van der Waals surface area contributed by atoms with Crippen molar-refractivity contribution in [3.05, 3.63) is 155 Å². The standard InChI is InChI=1S/2C24H23O.C2H6Si.2ClH.Zr/c2*1-4-8-21-16(2)13-19-14-20(23-12-11-17(3)25-23)15-22(19)24(21)18-9-6-5-7-10-18;1-3-2;;;/h2*5-7,9-15H,4,8H2,1-3H3;1-2H3;2*1H;/q2*-1;;;;+2.